The number of carboxylic acids is 2. The van der Waals surface area contributed by atoms with Crippen LogP contribution in [0.5, 0.6) is 0 Å². The van der Waals surface area contributed by atoms with Crippen LogP contribution in [-0.2, 0) is 4.74 Å². The van der Waals surface area contributed by atoms with E-state index in [1.165, 1.54) is 24.3 Å². The van der Waals surface area contributed by atoms with Gasteiger partial charge in [0.05, 0.1) is 0 Å². The van der Waals surface area contributed by atoms with Gasteiger partial charge in [-0.2, -0.15) is 0 Å². The fraction of sp³-hybridized carbons (Fsp3) is 0.167. The van der Waals surface area contributed by atoms with Crippen LogP contribution >= 0.6 is 11.8 Å². The predicted molar refractivity (Wildman–Crippen MR) is 98.4 cm³/mol. The van der Waals surface area contributed by atoms with Crippen LogP contribution in [0.3, 0.4) is 0 Å². The van der Waals surface area contributed by atoms with Gasteiger partial charge in [-0.3, -0.25) is 0 Å². The third kappa shape index (κ3) is 6.31. The van der Waals surface area contributed by atoms with E-state index < -0.39 is 11.9 Å². The molecule has 0 radical (unpaired) electrons. The van der Waals surface area contributed by atoms with Crippen LogP contribution < -0.4 is 0 Å². The summed E-state index contributed by atoms with van der Waals surface area (Å²) in [4.78, 5) is 34.5. The van der Waals surface area contributed by atoms with E-state index in [0.29, 0.717) is 23.4 Å². The summed E-state index contributed by atoms with van der Waals surface area (Å²) in [7, 11) is 0. The second-order valence-electron chi connectivity index (χ2n) is 5.02. The Morgan fingerprint density at radius 3 is 1.88 bits per heavy atom. The molecule has 0 aliphatic rings. The fourth-order valence-corrected chi connectivity index (χ4v) is 3.95. The molecule has 2 aromatic rings. The first-order valence-electron chi connectivity index (χ1n) is 7.52. The van der Waals surface area contributed by atoms with Gasteiger partial charge in [0.1, 0.15) is 0 Å². The number of carbonyl (C=O) groups is 3. The van der Waals surface area contributed by atoms with E-state index in [-0.39, 0.29) is 30.8 Å². The Labute approximate surface area is 160 Å². The zero-order chi connectivity index (χ0) is 18.9. The molecular weight excluding hydrogens is 423 g/mol. The minimum atomic E-state index is -1.02. The van der Waals surface area contributed by atoms with E-state index in [0.717, 1.165) is 4.90 Å². The van der Waals surface area contributed by atoms with Gasteiger partial charge in [0, 0.05) is 0 Å². The Morgan fingerprint density at radius 2 is 1.35 bits per heavy atom. The van der Waals surface area contributed by atoms with E-state index in [1.54, 1.807) is 36.0 Å². The molecule has 0 saturated carbocycles. The zero-order valence-electron chi connectivity index (χ0n) is 13.6. The molecule has 0 amide bonds. The van der Waals surface area contributed by atoms with Gasteiger partial charge in [0.25, 0.3) is 0 Å². The van der Waals surface area contributed by atoms with Crippen LogP contribution in [0.25, 0.3) is 0 Å². The van der Waals surface area contributed by atoms with Crippen LogP contribution in [0.2, 0.25) is 0 Å². The molecule has 0 atom stereocenters. The number of rotatable bonds is 10. The summed E-state index contributed by atoms with van der Waals surface area (Å²) in [6, 6.07) is 12.5. The van der Waals surface area contributed by atoms with Crippen molar-refractivity contribution in [1.29, 1.82) is 0 Å². The SMILES string of the molecule is O=C(O)c1ccc(SCCOC[Se]C(=O)c2ccc(C(=O)O)cc2)cc1. The summed E-state index contributed by atoms with van der Waals surface area (Å²) >= 11 is 1.19. The predicted octanol–water partition coefficient (Wildman–Crippen LogP) is 2.69. The Kier molecular flexibility index (Phi) is 7.87. The summed E-state index contributed by atoms with van der Waals surface area (Å²) in [6.07, 6.45) is 0. The molecule has 2 aromatic carbocycles. The van der Waals surface area contributed by atoms with Crippen LogP contribution in [0.4, 0.5) is 0 Å². The molecule has 0 spiro atoms. The first-order valence-corrected chi connectivity index (χ1v) is 10.6. The topological polar surface area (TPSA) is 101 Å². The maximum atomic E-state index is 12.0. The van der Waals surface area contributed by atoms with Crippen molar-refractivity contribution in [1.82, 2.24) is 0 Å². The van der Waals surface area contributed by atoms with Gasteiger partial charge in [-0.1, -0.05) is 0 Å². The number of carboxylic acid groups (broad SMARTS) is 2. The van der Waals surface area contributed by atoms with Crippen molar-refractivity contribution in [3.8, 4) is 0 Å². The normalized spacial score (nSPS) is 10.5. The van der Waals surface area contributed by atoms with Gasteiger partial charge >= 0.3 is 161 Å². The molecule has 0 aliphatic heterocycles. The summed E-state index contributed by atoms with van der Waals surface area (Å²) in [5.74, 6) is -1.27. The zero-order valence-corrected chi connectivity index (χ0v) is 16.1. The summed E-state index contributed by atoms with van der Waals surface area (Å²) < 4.78 is 5.43. The molecule has 0 aromatic heterocycles. The van der Waals surface area contributed by atoms with Crippen molar-refractivity contribution in [3.05, 3.63) is 65.2 Å². The molecule has 0 fully saturated rings. The first kappa shape index (κ1) is 20.2. The van der Waals surface area contributed by atoms with Crippen molar-refractivity contribution in [2.24, 2.45) is 0 Å². The van der Waals surface area contributed by atoms with Crippen molar-refractivity contribution >= 4 is 43.3 Å². The van der Waals surface area contributed by atoms with Gasteiger partial charge in [0.15, 0.2) is 0 Å². The monoisotopic (exact) mass is 440 g/mol. The standard InChI is InChI=1S/C18H16O6SSe/c19-16(20)12-1-3-14(4-2-12)18(23)26-11-24-9-10-25-15-7-5-13(6-8-15)17(21)22/h1-8H,9-11H2,(H,19,20)(H,21,22). The van der Waals surface area contributed by atoms with Crippen LogP contribution in [0, 0.1) is 0 Å². The number of benzene rings is 2. The van der Waals surface area contributed by atoms with Crippen LogP contribution in [0.15, 0.2) is 53.4 Å². The molecule has 2 rings (SSSR count). The molecule has 0 heterocycles. The Hall–Kier alpha value is -2.12. The van der Waals surface area contributed by atoms with Gasteiger partial charge < -0.3 is 0 Å². The molecular formula is C18H16O6SSe. The quantitative estimate of drug-likeness (QED) is 0.334. The van der Waals surface area contributed by atoms with E-state index in [2.05, 4.69) is 0 Å². The number of hydrogen-bond donors (Lipinski definition) is 2. The van der Waals surface area contributed by atoms with E-state index in [1.807, 2.05) is 0 Å². The summed E-state index contributed by atoms with van der Waals surface area (Å²) in [5, 5.41) is 17.7. The third-order valence-corrected chi connectivity index (χ3v) is 5.86. The van der Waals surface area contributed by atoms with Crippen molar-refractivity contribution in [2.45, 2.75) is 4.90 Å². The van der Waals surface area contributed by atoms with Crippen LogP contribution in [0.1, 0.15) is 31.1 Å². The first-order chi connectivity index (χ1) is 12.5. The van der Waals surface area contributed by atoms with Gasteiger partial charge in [-0.25, -0.2) is 0 Å². The summed E-state index contributed by atoms with van der Waals surface area (Å²) in [6.45, 7) is 0.484. The van der Waals surface area contributed by atoms with Gasteiger partial charge in [-0.15, -0.1) is 0 Å². The second-order valence-corrected chi connectivity index (χ2v) is 8.06. The molecule has 0 bridgehead atoms. The minimum absolute atomic E-state index is 0.0358. The van der Waals surface area contributed by atoms with Crippen molar-refractivity contribution in [3.63, 3.8) is 0 Å². The Balaban J connectivity index is 1.64. The average molecular weight is 439 g/mol. The number of ether oxygens (including phenoxy) is 1. The molecule has 26 heavy (non-hydrogen) atoms. The van der Waals surface area contributed by atoms with Gasteiger partial charge in [-0.05, 0) is 0 Å². The molecule has 2 N–H and O–H groups in total. The molecule has 136 valence electrons. The maximum absolute atomic E-state index is 12.0. The van der Waals surface area contributed by atoms with E-state index in [4.69, 9.17) is 14.9 Å². The fourth-order valence-electron chi connectivity index (χ4n) is 1.90. The molecule has 0 unspecified atom stereocenters. The van der Waals surface area contributed by atoms with Crippen LogP contribution in [-0.4, -0.2) is 59.7 Å². The molecule has 6 nitrogen and oxygen atoms in total. The Bertz CT molecular complexity index is 773. The van der Waals surface area contributed by atoms with Crippen molar-refractivity contribution < 1.29 is 29.3 Å². The molecule has 0 aliphatic carbocycles. The Morgan fingerprint density at radius 1 is 0.846 bits per heavy atom. The second kappa shape index (κ2) is 10.1. The van der Waals surface area contributed by atoms with Gasteiger partial charge in [0.2, 0.25) is 0 Å². The summed E-state index contributed by atoms with van der Waals surface area (Å²) in [5.41, 5.74) is 1.25. The number of thioether (sulfide) groups is 1. The number of hydrogen-bond acceptors (Lipinski definition) is 5. The van der Waals surface area contributed by atoms with E-state index in [9.17, 15) is 14.4 Å². The third-order valence-electron chi connectivity index (χ3n) is 3.24. The van der Waals surface area contributed by atoms with E-state index >= 15 is 0 Å². The molecule has 8 heteroatoms. The molecule has 0 saturated heterocycles. The number of carbonyl (C=O) groups excluding carboxylic acids is 1. The average Bonchev–Trinajstić information content (AvgIpc) is 2.64. The number of aromatic carboxylic acids is 2. The van der Waals surface area contributed by atoms with Crippen molar-refractivity contribution in [2.75, 3.05) is 17.9 Å².